The number of methoxy groups -OCH3 is 1. The molecular weight excluding hydrogens is 236 g/mol. The van der Waals surface area contributed by atoms with Gasteiger partial charge in [0.1, 0.15) is 17.0 Å². The lowest BCUT2D eigenvalue weighted by Gasteiger charge is -2.08. The van der Waals surface area contributed by atoms with Crippen LogP contribution in [0, 0.1) is 6.92 Å². The second-order valence-electron chi connectivity index (χ2n) is 3.68. The summed E-state index contributed by atoms with van der Waals surface area (Å²) in [5.74, 6) is -1.04. The van der Waals surface area contributed by atoms with Gasteiger partial charge in [-0.15, -0.1) is 0 Å². The summed E-state index contributed by atoms with van der Waals surface area (Å²) in [6, 6.07) is 6.49. The Morgan fingerprint density at radius 3 is 2.61 bits per heavy atom. The third-order valence-electron chi connectivity index (χ3n) is 2.54. The second-order valence-corrected chi connectivity index (χ2v) is 3.68. The van der Waals surface area contributed by atoms with Gasteiger partial charge >= 0.3 is 5.97 Å². The van der Waals surface area contributed by atoms with Crippen molar-refractivity contribution in [3.63, 3.8) is 0 Å². The van der Waals surface area contributed by atoms with E-state index in [1.165, 1.54) is 17.9 Å². The van der Waals surface area contributed by atoms with Gasteiger partial charge in [-0.1, -0.05) is 12.1 Å². The summed E-state index contributed by atoms with van der Waals surface area (Å²) in [5, 5.41) is 23.0. The number of aromatic carboxylic acids is 1. The molecule has 2 aromatic rings. The first-order valence-corrected chi connectivity index (χ1v) is 5.21. The van der Waals surface area contributed by atoms with E-state index >= 15 is 0 Å². The fraction of sp³-hybridized carbons (Fsp3) is 0.167. The predicted molar refractivity (Wildman–Crippen MR) is 63.5 cm³/mol. The summed E-state index contributed by atoms with van der Waals surface area (Å²) in [6.07, 6.45) is 0. The summed E-state index contributed by atoms with van der Waals surface area (Å²) in [6.45, 7) is 1.57. The van der Waals surface area contributed by atoms with E-state index in [4.69, 9.17) is 9.84 Å². The standard InChI is InChI=1S/C12H12N2O4/c1-7-10(12(16)17)11(18-2)14(13-7)8-5-3-4-6-9(8)15/h3-6,15H,1-2H3,(H,16,17). The minimum Gasteiger partial charge on any atom is -0.506 e. The van der Waals surface area contributed by atoms with Gasteiger partial charge in [-0.05, 0) is 19.1 Å². The molecule has 0 atom stereocenters. The summed E-state index contributed by atoms with van der Waals surface area (Å²) in [7, 11) is 1.36. The van der Waals surface area contributed by atoms with Gasteiger partial charge in [-0.2, -0.15) is 9.78 Å². The van der Waals surface area contributed by atoms with Gasteiger partial charge in [-0.25, -0.2) is 4.79 Å². The Labute approximate surface area is 103 Å². The molecule has 1 aromatic heterocycles. The SMILES string of the molecule is COc1c(C(=O)O)c(C)nn1-c1ccccc1O. The lowest BCUT2D eigenvalue weighted by atomic mass is 10.2. The van der Waals surface area contributed by atoms with E-state index in [9.17, 15) is 9.90 Å². The molecule has 2 rings (SSSR count). The highest BCUT2D eigenvalue weighted by molar-refractivity contribution is 5.91. The lowest BCUT2D eigenvalue weighted by molar-refractivity contribution is 0.0692. The number of carboxylic acid groups (broad SMARTS) is 1. The van der Waals surface area contributed by atoms with Crippen molar-refractivity contribution in [2.24, 2.45) is 0 Å². The fourth-order valence-corrected chi connectivity index (χ4v) is 1.75. The number of aryl methyl sites for hydroxylation is 1. The average molecular weight is 248 g/mol. The largest absolute Gasteiger partial charge is 0.506 e. The number of rotatable bonds is 3. The van der Waals surface area contributed by atoms with E-state index in [1.807, 2.05) is 0 Å². The number of para-hydroxylation sites is 2. The van der Waals surface area contributed by atoms with Crippen molar-refractivity contribution in [2.45, 2.75) is 6.92 Å². The second kappa shape index (κ2) is 4.40. The van der Waals surface area contributed by atoms with Gasteiger partial charge in [0.05, 0.1) is 12.8 Å². The molecule has 6 nitrogen and oxygen atoms in total. The minimum atomic E-state index is -1.12. The molecule has 0 saturated carbocycles. The van der Waals surface area contributed by atoms with Crippen LogP contribution in [-0.4, -0.2) is 33.1 Å². The molecule has 0 unspecified atom stereocenters. The van der Waals surface area contributed by atoms with E-state index in [-0.39, 0.29) is 17.2 Å². The molecule has 2 N–H and O–H groups in total. The molecule has 1 heterocycles. The third kappa shape index (κ3) is 1.77. The normalized spacial score (nSPS) is 10.3. The number of aromatic nitrogens is 2. The molecule has 0 amide bonds. The molecule has 0 radical (unpaired) electrons. The number of ether oxygens (including phenoxy) is 1. The predicted octanol–water partition coefficient (Wildman–Crippen LogP) is 1.59. The van der Waals surface area contributed by atoms with Crippen LogP contribution in [0.15, 0.2) is 24.3 Å². The molecular formula is C12H12N2O4. The number of benzene rings is 1. The van der Waals surface area contributed by atoms with Gasteiger partial charge in [0.15, 0.2) is 0 Å². The number of hydrogen-bond acceptors (Lipinski definition) is 4. The molecule has 18 heavy (non-hydrogen) atoms. The summed E-state index contributed by atoms with van der Waals surface area (Å²) in [5.41, 5.74) is 0.674. The van der Waals surface area contributed by atoms with Crippen molar-refractivity contribution in [3.8, 4) is 17.3 Å². The van der Waals surface area contributed by atoms with Crippen LogP contribution in [0.5, 0.6) is 11.6 Å². The first-order valence-electron chi connectivity index (χ1n) is 5.21. The highest BCUT2D eigenvalue weighted by atomic mass is 16.5. The molecule has 0 saturated heterocycles. The van der Waals surface area contributed by atoms with Crippen LogP contribution in [-0.2, 0) is 0 Å². The maximum absolute atomic E-state index is 11.1. The van der Waals surface area contributed by atoms with Gasteiger partial charge in [0.25, 0.3) is 0 Å². The number of aromatic hydroxyl groups is 1. The van der Waals surface area contributed by atoms with E-state index in [0.29, 0.717) is 11.4 Å². The molecule has 1 aromatic carbocycles. The van der Waals surface area contributed by atoms with Crippen LogP contribution in [0.2, 0.25) is 0 Å². The molecule has 94 valence electrons. The zero-order valence-corrected chi connectivity index (χ0v) is 9.91. The Bertz CT molecular complexity index is 604. The number of hydrogen-bond donors (Lipinski definition) is 2. The first-order chi connectivity index (χ1) is 8.56. The number of carbonyl (C=O) groups is 1. The van der Waals surface area contributed by atoms with Crippen molar-refractivity contribution in [1.82, 2.24) is 9.78 Å². The summed E-state index contributed by atoms with van der Waals surface area (Å²) >= 11 is 0. The van der Waals surface area contributed by atoms with Crippen LogP contribution < -0.4 is 4.74 Å². The Morgan fingerprint density at radius 1 is 1.39 bits per heavy atom. The maximum Gasteiger partial charge on any atom is 0.343 e. The highest BCUT2D eigenvalue weighted by Gasteiger charge is 2.23. The Morgan fingerprint density at radius 2 is 2.06 bits per heavy atom. The summed E-state index contributed by atoms with van der Waals surface area (Å²) in [4.78, 5) is 11.1. The lowest BCUT2D eigenvalue weighted by Crippen LogP contribution is -2.03. The van der Waals surface area contributed by atoms with E-state index < -0.39 is 5.97 Å². The topological polar surface area (TPSA) is 84.6 Å². The fourth-order valence-electron chi connectivity index (χ4n) is 1.75. The van der Waals surface area contributed by atoms with Crippen molar-refractivity contribution in [2.75, 3.05) is 7.11 Å². The average Bonchev–Trinajstić information content (AvgIpc) is 2.66. The quantitative estimate of drug-likeness (QED) is 0.861. The zero-order chi connectivity index (χ0) is 13.3. The number of phenols is 1. The van der Waals surface area contributed by atoms with Crippen molar-refractivity contribution >= 4 is 5.97 Å². The van der Waals surface area contributed by atoms with Gasteiger partial charge in [0, 0.05) is 0 Å². The van der Waals surface area contributed by atoms with Crippen LogP contribution in [0.3, 0.4) is 0 Å². The van der Waals surface area contributed by atoms with Crippen LogP contribution in [0.25, 0.3) is 5.69 Å². The minimum absolute atomic E-state index is 0.00441. The molecule has 0 aliphatic carbocycles. The smallest absolute Gasteiger partial charge is 0.343 e. The molecule has 0 aliphatic heterocycles. The van der Waals surface area contributed by atoms with Gasteiger partial charge < -0.3 is 14.9 Å². The van der Waals surface area contributed by atoms with Crippen molar-refractivity contribution in [3.05, 3.63) is 35.5 Å². The number of phenolic OH excluding ortho intramolecular Hbond substituents is 1. The molecule has 0 aliphatic rings. The monoisotopic (exact) mass is 248 g/mol. The van der Waals surface area contributed by atoms with Crippen LogP contribution >= 0.6 is 0 Å². The number of carboxylic acids is 1. The van der Waals surface area contributed by atoms with Crippen LogP contribution in [0.1, 0.15) is 16.1 Å². The molecule has 0 fully saturated rings. The van der Waals surface area contributed by atoms with Gasteiger partial charge in [0.2, 0.25) is 5.88 Å². The molecule has 6 heteroatoms. The first kappa shape index (κ1) is 12.0. The highest BCUT2D eigenvalue weighted by Crippen LogP contribution is 2.29. The van der Waals surface area contributed by atoms with Crippen LogP contribution in [0.4, 0.5) is 0 Å². The zero-order valence-electron chi connectivity index (χ0n) is 9.91. The Hall–Kier alpha value is -2.50. The molecule has 0 spiro atoms. The Balaban J connectivity index is 2.70. The van der Waals surface area contributed by atoms with E-state index in [1.54, 1.807) is 25.1 Å². The third-order valence-corrected chi connectivity index (χ3v) is 2.54. The van der Waals surface area contributed by atoms with Gasteiger partial charge in [-0.3, -0.25) is 0 Å². The summed E-state index contributed by atoms with van der Waals surface area (Å²) < 4.78 is 6.35. The van der Waals surface area contributed by atoms with E-state index in [2.05, 4.69) is 5.10 Å². The maximum atomic E-state index is 11.1. The molecule has 0 bridgehead atoms. The van der Waals surface area contributed by atoms with E-state index in [0.717, 1.165) is 0 Å². The number of nitrogens with zero attached hydrogens (tertiary/aromatic N) is 2. The van der Waals surface area contributed by atoms with Crippen molar-refractivity contribution in [1.29, 1.82) is 0 Å². The van der Waals surface area contributed by atoms with Crippen molar-refractivity contribution < 1.29 is 19.7 Å². The Kier molecular flexibility index (Phi) is 2.93.